The van der Waals surface area contributed by atoms with Crippen LogP contribution in [0.5, 0.6) is 0 Å². The van der Waals surface area contributed by atoms with Crippen molar-refractivity contribution in [3.05, 3.63) is 36.5 Å². The fourth-order valence-corrected chi connectivity index (χ4v) is 2.58. The predicted octanol–water partition coefficient (Wildman–Crippen LogP) is 2.70. The predicted molar refractivity (Wildman–Crippen MR) is 84.9 cm³/mol. The van der Waals surface area contributed by atoms with Gasteiger partial charge in [0.1, 0.15) is 0 Å². The van der Waals surface area contributed by atoms with Crippen LogP contribution in [0.4, 0.5) is 5.69 Å². The average Bonchev–Trinajstić information content (AvgIpc) is 2.99. The van der Waals surface area contributed by atoms with E-state index in [0.29, 0.717) is 5.11 Å². The molecule has 1 aromatic carbocycles. The lowest BCUT2D eigenvalue weighted by Crippen LogP contribution is -2.34. The molecule has 0 bridgehead atoms. The van der Waals surface area contributed by atoms with Gasteiger partial charge in [0.15, 0.2) is 5.11 Å². The van der Waals surface area contributed by atoms with Crippen molar-refractivity contribution >= 4 is 33.9 Å². The highest BCUT2D eigenvalue weighted by molar-refractivity contribution is 7.80. The number of hydrogen-bond donors (Lipinski definition) is 2. The molecule has 2 N–H and O–H groups in total. The minimum atomic E-state index is 0.278. The third-order valence-electron chi connectivity index (χ3n) is 3.40. The number of pyridine rings is 1. The smallest absolute Gasteiger partial charge is 0.170 e. The maximum absolute atomic E-state index is 5.56. The van der Waals surface area contributed by atoms with Crippen LogP contribution < -0.4 is 10.6 Å². The number of fused-ring (bicyclic) bond motifs is 1. The van der Waals surface area contributed by atoms with Crippen LogP contribution >= 0.6 is 12.2 Å². The molecule has 0 amide bonds. The van der Waals surface area contributed by atoms with Gasteiger partial charge in [-0.1, -0.05) is 18.2 Å². The first-order valence-electron chi connectivity index (χ1n) is 6.83. The summed E-state index contributed by atoms with van der Waals surface area (Å²) in [6.07, 6.45) is 4.31. The number of benzene rings is 1. The molecule has 1 aromatic heterocycles. The molecule has 2 aromatic rings. The third kappa shape index (κ3) is 3.05. The molecule has 0 radical (unpaired) electrons. The number of anilines is 1. The molecule has 104 valence electrons. The highest BCUT2D eigenvalue weighted by atomic mass is 32.1. The van der Waals surface area contributed by atoms with Crippen LogP contribution in [0.25, 0.3) is 10.9 Å². The van der Waals surface area contributed by atoms with Crippen LogP contribution in [0, 0.1) is 0 Å². The van der Waals surface area contributed by atoms with Gasteiger partial charge in [-0.15, -0.1) is 0 Å². The van der Waals surface area contributed by atoms with Crippen molar-refractivity contribution in [3.63, 3.8) is 0 Å². The van der Waals surface area contributed by atoms with Gasteiger partial charge >= 0.3 is 0 Å². The van der Waals surface area contributed by atoms with Crippen LogP contribution in [0.15, 0.2) is 36.5 Å². The Morgan fingerprint density at radius 3 is 3.10 bits per heavy atom. The van der Waals surface area contributed by atoms with E-state index in [1.165, 1.54) is 0 Å². The van der Waals surface area contributed by atoms with E-state index in [1.54, 1.807) is 6.20 Å². The number of ether oxygens (including phenoxy) is 1. The second-order valence-corrected chi connectivity index (χ2v) is 5.26. The SMILES string of the molecule is S=C(NC[C@H]1CCCO1)Nc1cccc2cccnc12. The zero-order valence-electron chi connectivity index (χ0n) is 11.1. The quantitative estimate of drug-likeness (QED) is 0.850. The molecule has 3 rings (SSSR count). The van der Waals surface area contributed by atoms with Crippen LogP contribution in [-0.2, 0) is 4.74 Å². The summed E-state index contributed by atoms with van der Waals surface area (Å²) in [5.41, 5.74) is 1.85. The first kappa shape index (κ1) is 13.3. The standard InChI is InChI=1S/C15H17N3OS/c20-15(17-10-12-6-3-9-19-12)18-13-7-1-4-11-5-2-8-16-14(11)13/h1-2,4-5,7-8,12H,3,6,9-10H2,(H2,17,18,20)/t12-/m1/s1. The van der Waals surface area contributed by atoms with Crippen LogP contribution in [-0.4, -0.2) is 29.4 Å². The molecular weight excluding hydrogens is 270 g/mol. The molecule has 1 saturated heterocycles. The Bertz CT molecular complexity index is 606. The van der Waals surface area contributed by atoms with Gasteiger partial charge in [0.05, 0.1) is 17.3 Å². The largest absolute Gasteiger partial charge is 0.376 e. The zero-order valence-corrected chi connectivity index (χ0v) is 12.0. The molecule has 0 saturated carbocycles. The second-order valence-electron chi connectivity index (χ2n) is 4.85. The van der Waals surface area contributed by atoms with Gasteiger partial charge in [-0.25, -0.2) is 0 Å². The van der Waals surface area contributed by atoms with Gasteiger partial charge in [0.2, 0.25) is 0 Å². The monoisotopic (exact) mass is 287 g/mol. The van der Waals surface area contributed by atoms with Crippen LogP contribution in [0.3, 0.4) is 0 Å². The number of rotatable bonds is 3. The molecular formula is C15H17N3OS. The van der Waals surface area contributed by atoms with Crippen LogP contribution in [0.1, 0.15) is 12.8 Å². The van der Waals surface area contributed by atoms with Crippen molar-refractivity contribution in [1.29, 1.82) is 0 Å². The van der Waals surface area contributed by atoms with Gasteiger partial charge < -0.3 is 15.4 Å². The number of aromatic nitrogens is 1. The summed E-state index contributed by atoms with van der Waals surface area (Å²) in [7, 11) is 0. The molecule has 1 atom stereocenters. The Balaban J connectivity index is 1.65. The summed E-state index contributed by atoms with van der Waals surface area (Å²) >= 11 is 5.33. The van der Waals surface area contributed by atoms with Crippen molar-refractivity contribution in [2.45, 2.75) is 18.9 Å². The van der Waals surface area contributed by atoms with E-state index >= 15 is 0 Å². The molecule has 20 heavy (non-hydrogen) atoms. The first-order chi connectivity index (χ1) is 9.83. The molecule has 5 heteroatoms. The van der Waals surface area contributed by atoms with E-state index in [1.807, 2.05) is 30.3 Å². The molecule has 4 nitrogen and oxygen atoms in total. The number of thiocarbonyl (C=S) groups is 1. The minimum Gasteiger partial charge on any atom is -0.376 e. The van der Waals surface area contributed by atoms with E-state index in [-0.39, 0.29) is 6.10 Å². The van der Waals surface area contributed by atoms with Crippen molar-refractivity contribution in [2.24, 2.45) is 0 Å². The summed E-state index contributed by atoms with van der Waals surface area (Å²) < 4.78 is 5.56. The number of para-hydroxylation sites is 1. The van der Waals surface area contributed by atoms with E-state index in [4.69, 9.17) is 17.0 Å². The maximum Gasteiger partial charge on any atom is 0.170 e. The lowest BCUT2D eigenvalue weighted by Gasteiger charge is -2.14. The summed E-state index contributed by atoms with van der Waals surface area (Å²) in [5, 5.41) is 8.12. The van der Waals surface area contributed by atoms with Crippen molar-refractivity contribution in [3.8, 4) is 0 Å². The molecule has 1 aliphatic rings. The van der Waals surface area contributed by atoms with Crippen molar-refractivity contribution in [2.75, 3.05) is 18.5 Å². The molecule has 1 aliphatic heterocycles. The maximum atomic E-state index is 5.56. The molecule has 1 fully saturated rings. The topological polar surface area (TPSA) is 46.2 Å². The van der Waals surface area contributed by atoms with Crippen molar-refractivity contribution < 1.29 is 4.74 Å². The first-order valence-corrected chi connectivity index (χ1v) is 7.24. The fourth-order valence-electron chi connectivity index (χ4n) is 2.38. The highest BCUT2D eigenvalue weighted by Crippen LogP contribution is 2.20. The number of nitrogens with one attached hydrogen (secondary N) is 2. The molecule has 0 spiro atoms. The minimum absolute atomic E-state index is 0.278. The Morgan fingerprint density at radius 1 is 1.35 bits per heavy atom. The fraction of sp³-hybridized carbons (Fsp3) is 0.333. The Morgan fingerprint density at radius 2 is 2.25 bits per heavy atom. The van der Waals surface area contributed by atoms with Crippen molar-refractivity contribution in [1.82, 2.24) is 10.3 Å². The highest BCUT2D eigenvalue weighted by Gasteiger charge is 2.15. The van der Waals surface area contributed by atoms with Gasteiger partial charge in [-0.3, -0.25) is 4.98 Å². The van der Waals surface area contributed by atoms with Gasteiger partial charge in [-0.05, 0) is 37.2 Å². The Hall–Kier alpha value is -1.72. The summed E-state index contributed by atoms with van der Waals surface area (Å²) in [6, 6.07) is 9.98. The average molecular weight is 287 g/mol. The van der Waals surface area contributed by atoms with E-state index in [2.05, 4.69) is 15.6 Å². The summed E-state index contributed by atoms with van der Waals surface area (Å²) in [6.45, 7) is 1.61. The molecule has 0 unspecified atom stereocenters. The normalized spacial score (nSPS) is 18.1. The second kappa shape index (κ2) is 6.15. The zero-order chi connectivity index (χ0) is 13.8. The van der Waals surface area contributed by atoms with Gasteiger partial charge in [-0.2, -0.15) is 0 Å². The number of nitrogens with zero attached hydrogens (tertiary/aromatic N) is 1. The van der Waals surface area contributed by atoms with E-state index in [0.717, 1.165) is 42.6 Å². The Kier molecular flexibility index (Phi) is 4.08. The summed E-state index contributed by atoms with van der Waals surface area (Å²) in [5.74, 6) is 0. The van der Waals surface area contributed by atoms with E-state index < -0.39 is 0 Å². The lowest BCUT2D eigenvalue weighted by molar-refractivity contribution is 0.114. The van der Waals surface area contributed by atoms with E-state index in [9.17, 15) is 0 Å². The molecule has 0 aliphatic carbocycles. The van der Waals surface area contributed by atoms with Gasteiger partial charge in [0, 0.05) is 24.7 Å². The Labute approximate surface area is 123 Å². The summed E-state index contributed by atoms with van der Waals surface area (Å²) in [4.78, 5) is 4.40. The lowest BCUT2D eigenvalue weighted by atomic mass is 10.2. The van der Waals surface area contributed by atoms with Gasteiger partial charge in [0.25, 0.3) is 0 Å². The third-order valence-corrected chi connectivity index (χ3v) is 3.64. The molecule has 2 heterocycles. The van der Waals surface area contributed by atoms with Crippen LogP contribution in [0.2, 0.25) is 0 Å². The number of hydrogen-bond acceptors (Lipinski definition) is 3.